The van der Waals surface area contributed by atoms with Crippen molar-refractivity contribution in [3.8, 4) is 5.75 Å². The van der Waals surface area contributed by atoms with Gasteiger partial charge in [0.25, 0.3) is 5.91 Å². The van der Waals surface area contributed by atoms with E-state index in [9.17, 15) is 19.7 Å². The zero-order chi connectivity index (χ0) is 17.3. The minimum Gasteiger partial charge on any atom is -0.490 e. The van der Waals surface area contributed by atoms with Crippen molar-refractivity contribution in [2.24, 2.45) is 0 Å². The Morgan fingerprint density at radius 2 is 2.04 bits per heavy atom. The van der Waals surface area contributed by atoms with Crippen LogP contribution in [0, 0.1) is 10.1 Å². The van der Waals surface area contributed by atoms with Gasteiger partial charge in [0, 0.05) is 11.6 Å². The molecule has 8 heteroatoms. The molecule has 122 valence electrons. The normalized spacial score (nSPS) is 13.0. The number of hydrogen-bond acceptors (Lipinski definition) is 5. The smallest absolute Gasteiger partial charge is 0.311 e. The molecule has 1 N–H and O–H groups in total. The topological polar surface area (TPSA) is 102 Å². The molecule has 1 aliphatic rings. The molecule has 1 aliphatic heterocycles. The summed E-state index contributed by atoms with van der Waals surface area (Å²) < 4.78 is 4.93. The molecule has 2 amide bonds. The van der Waals surface area contributed by atoms with Crippen molar-refractivity contribution in [1.29, 1.82) is 0 Å². The largest absolute Gasteiger partial charge is 0.490 e. The van der Waals surface area contributed by atoms with Crippen molar-refractivity contribution in [3.63, 3.8) is 0 Å². The van der Waals surface area contributed by atoms with E-state index >= 15 is 0 Å². The lowest BCUT2D eigenvalue weighted by molar-refractivity contribution is -0.385. The van der Waals surface area contributed by atoms with Crippen LogP contribution in [0.5, 0.6) is 5.75 Å². The standard InChI is InChI=1S/C16H13N3O5/c1-24-14-7-6-10(8-13(14)19(22)23)16(21)18-9-15(20)17-11-4-2-3-5-12(11)18/h2-8H,9H2,1H3,(H,17,20). The van der Waals surface area contributed by atoms with Crippen LogP contribution in [0.15, 0.2) is 42.5 Å². The van der Waals surface area contributed by atoms with E-state index in [0.29, 0.717) is 11.4 Å². The first-order valence-electron chi connectivity index (χ1n) is 7.04. The maximum atomic E-state index is 12.8. The summed E-state index contributed by atoms with van der Waals surface area (Å²) in [7, 11) is 1.31. The number of ether oxygens (including phenoxy) is 1. The number of para-hydroxylation sites is 2. The molecule has 0 saturated carbocycles. The van der Waals surface area contributed by atoms with E-state index in [1.165, 1.54) is 24.1 Å². The molecule has 1 heterocycles. The van der Waals surface area contributed by atoms with Crippen LogP contribution in [0.3, 0.4) is 0 Å². The first kappa shape index (κ1) is 15.5. The van der Waals surface area contributed by atoms with Crippen LogP contribution in [0.25, 0.3) is 0 Å². The second-order valence-corrected chi connectivity index (χ2v) is 5.10. The number of rotatable bonds is 3. The van der Waals surface area contributed by atoms with Gasteiger partial charge in [-0.2, -0.15) is 0 Å². The van der Waals surface area contributed by atoms with Crippen LogP contribution in [0.1, 0.15) is 10.4 Å². The molecule has 0 unspecified atom stereocenters. The zero-order valence-electron chi connectivity index (χ0n) is 12.7. The summed E-state index contributed by atoms with van der Waals surface area (Å²) in [4.78, 5) is 36.4. The van der Waals surface area contributed by atoms with Gasteiger partial charge >= 0.3 is 5.69 Å². The number of nitro benzene ring substituents is 1. The number of fused-ring (bicyclic) bond motifs is 1. The van der Waals surface area contributed by atoms with Gasteiger partial charge in [-0.25, -0.2) is 0 Å². The molecule has 0 atom stereocenters. The molecule has 24 heavy (non-hydrogen) atoms. The molecule has 0 bridgehead atoms. The fraction of sp³-hybridized carbons (Fsp3) is 0.125. The highest BCUT2D eigenvalue weighted by Crippen LogP contribution is 2.32. The molecule has 2 aromatic rings. The third kappa shape index (κ3) is 2.65. The van der Waals surface area contributed by atoms with E-state index in [2.05, 4.69) is 5.32 Å². The van der Waals surface area contributed by atoms with Crippen LogP contribution in [-0.2, 0) is 4.79 Å². The monoisotopic (exact) mass is 327 g/mol. The van der Waals surface area contributed by atoms with E-state index < -0.39 is 10.8 Å². The minimum absolute atomic E-state index is 0.0633. The van der Waals surface area contributed by atoms with Gasteiger partial charge in [-0.3, -0.25) is 24.6 Å². The van der Waals surface area contributed by atoms with Crippen molar-refractivity contribution in [2.75, 3.05) is 23.9 Å². The summed E-state index contributed by atoms with van der Waals surface area (Å²) in [6, 6.07) is 10.8. The summed E-state index contributed by atoms with van der Waals surface area (Å²) in [6.45, 7) is -0.157. The molecule has 8 nitrogen and oxygen atoms in total. The summed E-state index contributed by atoms with van der Waals surface area (Å²) in [5.74, 6) is -0.763. The highest BCUT2D eigenvalue weighted by Gasteiger charge is 2.29. The Morgan fingerprint density at radius 3 is 2.75 bits per heavy atom. The van der Waals surface area contributed by atoms with Crippen molar-refractivity contribution < 1.29 is 19.2 Å². The number of carbonyl (C=O) groups excluding carboxylic acids is 2. The van der Waals surface area contributed by atoms with Crippen molar-refractivity contribution in [3.05, 3.63) is 58.1 Å². The average molecular weight is 327 g/mol. The Morgan fingerprint density at radius 1 is 1.29 bits per heavy atom. The van der Waals surface area contributed by atoms with Gasteiger partial charge in [0.15, 0.2) is 5.75 Å². The molecular weight excluding hydrogens is 314 g/mol. The van der Waals surface area contributed by atoms with Gasteiger partial charge < -0.3 is 10.1 Å². The zero-order valence-corrected chi connectivity index (χ0v) is 12.7. The van der Waals surface area contributed by atoms with E-state index in [1.807, 2.05) is 0 Å². The van der Waals surface area contributed by atoms with E-state index in [-0.39, 0.29) is 29.5 Å². The number of nitro groups is 1. The van der Waals surface area contributed by atoms with Gasteiger partial charge in [0.05, 0.1) is 23.4 Å². The van der Waals surface area contributed by atoms with Crippen LogP contribution < -0.4 is 15.0 Å². The Labute approximate surface area is 136 Å². The molecule has 0 fully saturated rings. The highest BCUT2D eigenvalue weighted by molar-refractivity contribution is 6.15. The average Bonchev–Trinajstić information content (AvgIpc) is 2.59. The SMILES string of the molecule is COc1ccc(C(=O)N2CC(=O)Nc3ccccc32)cc1[N+](=O)[O-]. The summed E-state index contributed by atoms with van der Waals surface area (Å²) in [5, 5.41) is 13.8. The Hall–Kier alpha value is -3.42. The van der Waals surface area contributed by atoms with Crippen molar-refractivity contribution in [1.82, 2.24) is 0 Å². The Bertz CT molecular complexity index is 849. The summed E-state index contributed by atoms with van der Waals surface area (Å²) >= 11 is 0. The molecule has 3 rings (SSSR count). The predicted molar refractivity (Wildman–Crippen MR) is 86.4 cm³/mol. The van der Waals surface area contributed by atoms with Crippen molar-refractivity contribution in [2.45, 2.75) is 0 Å². The summed E-state index contributed by atoms with van der Waals surface area (Å²) in [6.07, 6.45) is 0. The Balaban J connectivity index is 2.02. The second kappa shape index (κ2) is 5.99. The fourth-order valence-electron chi connectivity index (χ4n) is 2.54. The van der Waals surface area contributed by atoms with E-state index in [4.69, 9.17) is 4.74 Å². The van der Waals surface area contributed by atoms with Gasteiger partial charge in [-0.05, 0) is 24.3 Å². The number of methoxy groups -OCH3 is 1. The number of benzene rings is 2. The molecule has 0 aliphatic carbocycles. The first-order valence-corrected chi connectivity index (χ1v) is 7.04. The molecule has 0 spiro atoms. The van der Waals surface area contributed by atoms with Crippen LogP contribution in [-0.4, -0.2) is 30.4 Å². The number of hydrogen-bond donors (Lipinski definition) is 1. The van der Waals surface area contributed by atoms with Crippen LogP contribution >= 0.6 is 0 Å². The molecule has 0 radical (unpaired) electrons. The van der Waals surface area contributed by atoms with Crippen LogP contribution in [0.2, 0.25) is 0 Å². The highest BCUT2D eigenvalue weighted by atomic mass is 16.6. The number of nitrogens with one attached hydrogen (secondary N) is 1. The van der Waals surface area contributed by atoms with Gasteiger partial charge in [-0.1, -0.05) is 12.1 Å². The third-order valence-electron chi connectivity index (χ3n) is 3.64. The third-order valence-corrected chi connectivity index (χ3v) is 3.64. The van der Waals surface area contributed by atoms with Crippen molar-refractivity contribution >= 4 is 28.9 Å². The Kier molecular flexibility index (Phi) is 3.87. The van der Waals surface area contributed by atoms with Gasteiger partial charge in [-0.15, -0.1) is 0 Å². The number of anilines is 2. The molecule has 0 saturated heterocycles. The fourth-order valence-corrected chi connectivity index (χ4v) is 2.54. The lowest BCUT2D eigenvalue weighted by Gasteiger charge is -2.29. The maximum absolute atomic E-state index is 12.8. The summed E-state index contributed by atoms with van der Waals surface area (Å²) in [5.41, 5.74) is 0.857. The lowest BCUT2D eigenvalue weighted by Crippen LogP contribution is -2.42. The van der Waals surface area contributed by atoms with E-state index in [0.717, 1.165) is 6.07 Å². The first-order chi connectivity index (χ1) is 11.5. The number of nitrogens with zero attached hydrogens (tertiary/aromatic N) is 2. The lowest BCUT2D eigenvalue weighted by atomic mass is 10.1. The second-order valence-electron chi connectivity index (χ2n) is 5.10. The minimum atomic E-state index is -0.619. The number of carbonyl (C=O) groups is 2. The quantitative estimate of drug-likeness (QED) is 0.688. The van der Waals surface area contributed by atoms with E-state index in [1.54, 1.807) is 24.3 Å². The maximum Gasteiger partial charge on any atom is 0.311 e. The number of amides is 2. The molecule has 2 aromatic carbocycles. The van der Waals surface area contributed by atoms with Gasteiger partial charge in [0.1, 0.15) is 6.54 Å². The van der Waals surface area contributed by atoms with Gasteiger partial charge in [0.2, 0.25) is 5.91 Å². The van der Waals surface area contributed by atoms with Crippen LogP contribution in [0.4, 0.5) is 17.1 Å². The molecular formula is C16H13N3O5. The predicted octanol–water partition coefficient (Wildman–Crippen LogP) is 2.20. The molecule has 0 aromatic heterocycles.